The van der Waals surface area contributed by atoms with Crippen LogP contribution in [-0.4, -0.2) is 6.61 Å². The molecule has 174 valence electrons. The zero-order valence-electron chi connectivity index (χ0n) is 19.6. The number of benzene rings is 3. The quantitative estimate of drug-likeness (QED) is 0.297. The monoisotopic (exact) mass is 448 g/mol. The first-order valence-corrected chi connectivity index (χ1v) is 12.4. The van der Waals surface area contributed by atoms with Crippen LogP contribution >= 0.6 is 0 Å². The Morgan fingerprint density at radius 1 is 0.697 bits per heavy atom. The molecule has 0 saturated heterocycles. The summed E-state index contributed by atoms with van der Waals surface area (Å²) in [4.78, 5) is 0. The molecule has 0 radical (unpaired) electrons. The van der Waals surface area contributed by atoms with E-state index in [0.29, 0.717) is 11.1 Å². The number of rotatable bonds is 9. The van der Waals surface area contributed by atoms with E-state index in [0.717, 1.165) is 35.8 Å². The highest BCUT2D eigenvalue weighted by atomic mass is 19.2. The van der Waals surface area contributed by atoms with Gasteiger partial charge in [-0.25, -0.2) is 8.78 Å². The second-order valence-corrected chi connectivity index (χ2v) is 9.36. The highest BCUT2D eigenvalue weighted by Crippen LogP contribution is 2.30. The van der Waals surface area contributed by atoms with Crippen LogP contribution in [0.25, 0.3) is 22.3 Å². The van der Waals surface area contributed by atoms with Gasteiger partial charge in [-0.15, -0.1) is 0 Å². The number of hydrogen-bond acceptors (Lipinski definition) is 1. The maximum atomic E-state index is 14.3. The van der Waals surface area contributed by atoms with Crippen molar-refractivity contribution in [2.24, 2.45) is 5.92 Å². The van der Waals surface area contributed by atoms with Gasteiger partial charge in [0.05, 0.1) is 6.61 Å². The Morgan fingerprint density at radius 2 is 1.33 bits per heavy atom. The lowest BCUT2D eigenvalue weighted by Gasteiger charge is -2.21. The molecule has 0 unspecified atom stereocenters. The standard InChI is InChI=1S/C30H34F2O/c1-22-11-20-28(30(32)29(22)31)26-14-12-24(13-15-26)25-16-18-27(19-17-25)33-21-7-3-6-10-23-8-4-2-5-9-23/h11-20,23H,2-10,21H2,1H3. The molecular weight excluding hydrogens is 414 g/mol. The van der Waals surface area contributed by atoms with Crippen molar-refractivity contribution >= 4 is 0 Å². The lowest BCUT2D eigenvalue weighted by Crippen LogP contribution is -2.06. The molecule has 0 aliphatic heterocycles. The summed E-state index contributed by atoms with van der Waals surface area (Å²) in [7, 11) is 0. The summed E-state index contributed by atoms with van der Waals surface area (Å²) in [6, 6.07) is 18.9. The molecule has 0 spiro atoms. The minimum Gasteiger partial charge on any atom is -0.494 e. The van der Waals surface area contributed by atoms with Crippen LogP contribution in [0.1, 0.15) is 63.4 Å². The second-order valence-electron chi connectivity index (χ2n) is 9.36. The number of halogens is 2. The molecule has 1 nitrogen and oxygen atoms in total. The molecule has 3 aromatic carbocycles. The summed E-state index contributed by atoms with van der Waals surface area (Å²) >= 11 is 0. The van der Waals surface area contributed by atoms with Crippen molar-refractivity contribution in [2.45, 2.75) is 64.7 Å². The molecular formula is C30H34F2O. The van der Waals surface area contributed by atoms with Gasteiger partial charge in [-0.05, 0) is 53.6 Å². The molecule has 1 saturated carbocycles. The van der Waals surface area contributed by atoms with E-state index in [1.165, 1.54) is 51.4 Å². The van der Waals surface area contributed by atoms with Crippen molar-refractivity contribution < 1.29 is 13.5 Å². The molecule has 1 aliphatic carbocycles. The Morgan fingerprint density at radius 3 is 2.03 bits per heavy atom. The highest BCUT2D eigenvalue weighted by molar-refractivity contribution is 5.71. The maximum absolute atomic E-state index is 14.3. The van der Waals surface area contributed by atoms with Crippen LogP contribution < -0.4 is 4.74 Å². The molecule has 0 amide bonds. The average Bonchev–Trinajstić information content (AvgIpc) is 2.86. The van der Waals surface area contributed by atoms with Gasteiger partial charge in [0.25, 0.3) is 0 Å². The van der Waals surface area contributed by atoms with Crippen LogP contribution in [-0.2, 0) is 0 Å². The molecule has 4 rings (SSSR count). The molecule has 0 bridgehead atoms. The van der Waals surface area contributed by atoms with Crippen molar-refractivity contribution in [1.82, 2.24) is 0 Å². The van der Waals surface area contributed by atoms with E-state index in [4.69, 9.17) is 4.74 Å². The van der Waals surface area contributed by atoms with Crippen LogP contribution in [0.4, 0.5) is 8.78 Å². The van der Waals surface area contributed by atoms with E-state index < -0.39 is 11.6 Å². The highest BCUT2D eigenvalue weighted by Gasteiger charge is 2.13. The predicted molar refractivity (Wildman–Crippen MR) is 133 cm³/mol. The fourth-order valence-electron chi connectivity index (χ4n) is 4.83. The molecule has 0 N–H and O–H groups in total. The van der Waals surface area contributed by atoms with Crippen LogP contribution in [0.5, 0.6) is 5.75 Å². The largest absolute Gasteiger partial charge is 0.494 e. The Balaban J connectivity index is 1.25. The number of ether oxygens (including phenoxy) is 1. The van der Waals surface area contributed by atoms with E-state index in [2.05, 4.69) is 0 Å². The Bertz CT molecular complexity index is 1020. The molecule has 0 aromatic heterocycles. The minimum atomic E-state index is -0.793. The lowest BCUT2D eigenvalue weighted by atomic mass is 9.86. The van der Waals surface area contributed by atoms with Crippen molar-refractivity contribution in [3.8, 4) is 28.0 Å². The smallest absolute Gasteiger partial charge is 0.166 e. The third-order valence-corrected chi connectivity index (χ3v) is 6.91. The fourth-order valence-corrected chi connectivity index (χ4v) is 4.83. The van der Waals surface area contributed by atoms with Gasteiger partial charge in [-0.3, -0.25) is 0 Å². The van der Waals surface area contributed by atoms with Crippen molar-refractivity contribution in [3.63, 3.8) is 0 Å². The van der Waals surface area contributed by atoms with Gasteiger partial charge < -0.3 is 4.74 Å². The van der Waals surface area contributed by atoms with Crippen LogP contribution in [0.3, 0.4) is 0 Å². The predicted octanol–water partition coefficient (Wildman–Crippen LogP) is 9.13. The Kier molecular flexibility index (Phi) is 8.15. The topological polar surface area (TPSA) is 9.23 Å². The summed E-state index contributed by atoms with van der Waals surface area (Å²) in [5.41, 5.74) is 3.36. The number of aryl methyl sites for hydroxylation is 1. The van der Waals surface area contributed by atoms with Gasteiger partial charge in [-0.1, -0.05) is 99.9 Å². The Labute approximate surface area is 196 Å². The van der Waals surface area contributed by atoms with E-state index in [9.17, 15) is 8.78 Å². The molecule has 1 fully saturated rings. The van der Waals surface area contributed by atoms with Crippen LogP contribution in [0, 0.1) is 24.5 Å². The molecule has 33 heavy (non-hydrogen) atoms. The number of unbranched alkanes of at least 4 members (excludes halogenated alkanes) is 2. The first-order valence-electron chi connectivity index (χ1n) is 12.4. The van der Waals surface area contributed by atoms with Crippen LogP contribution in [0.2, 0.25) is 0 Å². The zero-order valence-corrected chi connectivity index (χ0v) is 19.6. The van der Waals surface area contributed by atoms with E-state index >= 15 is 0 Å². The van der Waals surface area contributed by atoms with Gasteiger partial charge in [0.1, 0.15) is 5.75 Å². The zero-order chi connectivity index (χ0) is 23.0. The van der Waals surface area contributed by atoms with Gasteiger partial charge in [0.15, 0.2) is 11.6 Å². The van der Waals surface area contributed by atoms with Crippen molar-refractivity contribution in [3.05, 3.63) is 77.9 Å². The first kappa shape index (κ1) is 23.5. The molecule has 0 atom stereocenters. The minimum absolute atomic E-state index is 0.284. The normalized spacial score (nSPS) is 14.4. The summed E-state index contributed by atoms with van der Waals surface area (Å²) in [6.07, 6.45) is 12.2. The SMILES string of the molecule is Cc1ccc(-c2ccc(-c3ccc(OCCCCCC4CCCCC4)cc3)cc2)c(F)c1F. The first-order chi connectivity index (χ1) is 16.1. The summed E-state index contributed by atoms with van der Waals surface area (Å²) in [5, 5.41) is 0. The van der Waals surface area contributed by atoms with E-state index in [1.807, 2.05) is 48.5 Å². The maximum Gasteiger partial charge on any atom is 0.166 e. The van der Waals surface area contributed by atoms with Crippen molar-refractivity contribution in [2.75, 3.05) is 6.61 Å². The molecule has 0 heterocycles. The molecule has 3 heteroatoms. The molecule has 3 aromatic rings. The summed E-state index contributed by atoms with van der Waals surface area (Å²) < 4.78 is 34.1. The van der Waals surface area contributed by atoms with E-state index in [-0.39, 0.29) is 5.56 Å². The number of hydrogen-bond donors (Lipinski definition) is 0. The van der Waals surface area contributed by atoms with Gasteiger partial charge >= 0.3 is 0 Å². The van der Waals surface area contributed by atoms with Crippen molar-refractivity contribution in [1.29, 1.82) is 0 Å². The lowest BCUT2D eigenvalue weighted by molar-refractivity contribution is 0.293. The van der Waals surface area contributed by atoms with Crippen LogP contribution in [0.15, 0.2) is 60.7 Å². The second kappa shape index (κ2) is 11.4. The van der Waals surface area contributed by atoms with Gasteiger partial charge in [-0.2, -0.15) is 0 Å². The van der Waals surface area contributed by atoms with Gasteiger partial charge in [0, 0.05) is 5.56 Å². The third-order valence-electron chi connectivity index (χ3n) is 6.91. The fraction of sp³-hybridized carbons (Fsp3) is 0.400. The molecule has 1 aliphatic rings. The summed E-state index contributed by atoms with van der Waals surface area (Å²) in [6.45, 7) is 2.33. The van der Waals surface area contributed by atoms with E-state index in [1.54, 1.807) is 19.1 Å². The Hall–Kier alpha value is -2.68. The van der Waals surface area contributed by atoms with Gasteiger partial charge in [0.2, 0.25) is 0 Å². The average molecular weight is 449 g/mol. The third kappa shape index (κ3) is 6.22. The summed E-state index contributed by atoms with van der Waals surface area (Å²) in [5.74, 6) is 0.285.